The molecule has 0 radical (unpaired) electrons. The van der Waals surface area contributed by atoms with Gasteiger partial charge >= 0.3 is 0 Å². The van der Waals surface area contributed by atoms with E-state index in [9.17, 15) is 4.79 Å². The summed E-state index contributed by atoms with van der Waals surface area (Å²) in [7, 11) is 0. The molecule has 0 aromatic heterocycles. The highest BCUT2D eigenvalue weighted by atomic mass is 32.2. The Labute approximate surface area is 82.0 Å². The first-order valence-corrected chi connectivity index (χ1v) is 5.06. The molecule has 0 aliphatic carbocycles. The number of rotatable bonds is 3. The topological polar surface area (TPSA) is 29.1 Å². The molecule has 0 saturated carbocycles. The zero-order valence-electron chi connectivity index (χ0n) is 7.41. The van der Waals surface area contributed by atoms with Crippen LogP contribution in [0.2, 0.25) is 0 Å². The minimum Gasteiger partial charge on any atom is -0.322 e. The second kappa shape index (κ2) is 4.72. The van der Waals surface area contributed by atoms with Crippen molar-refractivity contribution in [1.82, 2.24) is 0 Å². The molecule has 1 aromatic rings. The van der Waals surface area contributed by atoms with Crippen LogP contribution in [0.5, 0.6) is 0 Å². The van der Waals surface area contributed by atoms with Crippen molar-refractivity contribution in [3.8, 4) is 0 Å². The number of carbonyl (C=O) groups is 1. The van der Waals surface area contributed by atoms with E-state index in [0.29, 0.717) is 4.91 Å². The van der Waals surface area contributed by atoms with Crippen LogP contribution in [0.25, 0.3) is 0 Å². The molecule has 0 saturated heterocycles. The molecule has 1 amide bonds. The van der Waals surface area contributed by atoms with Gasteiger partial charge in [-0.15, -0.1) is 11.8 Å². The molecule has 13 heavy (non-hydrogen) atoms. The van der Waals surface area contributed by atoms with E-state index in [0.717, 1.165) is 5.69 Å². The van der Waals surface area contributed by atoms with E-state index < -0.39 is 0 Å². The van der Waals surface area contributed by atoms with Crippen molar-refractivity contribution in [2.24, 2.45) is 0 Å². The van der Waals surface area contributed by atoms with Gasteiger partial charge in [0, 0.05) is 5.69 Å². The molecular formula is C10H11NOS. The van der Waals surface area contributed by atoms with Crippen LogP contribution in [0.4, 0.5) is 5.69 Å². The molecule has 1 aromatic carbocycles. The fourth-order valence-electron chi connectivity index (χ4n) is 0.815. The number of benzene rings is 1. The number of hydrogen-bond acceptors (Lipinski definition) is 2. The van der Waals surface area contributed by atoms with E-state index in [4.69, 9.17) is 0 Å². The maximum atomic E-state index is 11.3. The third-order valence-electron chi connectivity index (χ3n) is 1.53. The third-order valence-corrected chi connectivity index (χ3v) is 2.21. The quantitative estimate of drug-likeness (QED) is 0.747. The molecule has 0 heterocycles. The summed E-state index contributed by atoms with van der Waals surface area (Å²) in [5.41, 5.74) is 0.794. The standard InChI is InChI=1S/C10H11NOS/c1-8(13-2)10(12)11-9-6-4-3-5-7-9/h3-7H,1H2,2H3,(H,11,12). The van der Waals surface area contributed by atoms with Crippen molar-refractivity contribution in [1.29, 1.82) is 0 Å². The smallest absolute Gasteiger partial charge is 0.261 e. The Morgan fingerprint density at radius 3 is 2.54 bits per heavy atom. The van der Waals surface area contributed by atoms with Crippen molar-refractivity contribution >= 4 is 23.4 Å². The second-order valence-corrected chi connectivity index (χ2v) is 3.35. The molecule has 0 aliphatic heterocycles. The predicted molar refractivity (Wildman–Crippen MR) is 57.7 cm³/mol. The zero-order valence-corrected chi connectivity index (χ0v) is 8.23. The van der Waals surface area contributed by atoms with Gasteiger partial charge in [-0.2, -0.15) is 0 Å². The van der Waals surface area contributed by atoms with Crippen LogP contribution >= 0.6 is 11.8 Å². The van der Waals surface area contributed by atoms with Gasteiger partial charge in [0.25, 0.3) is 5.91 Å². The maximum Gasteiger partial charge on any atom is 0.261 e. The van der Waals surface area contributed by atoms with Crippen LogP contribution in [0, 0.1) is 0 Å². The monoisotopic (exact) mass is 193 g/mol. The molecule has 2 nitrogen and oxygen atoms in total. The van der Waals surface area contributed by atoms with Gasteiger partial charge in [-0.3, -0.25) is 4.79 Å². The Balaban J connectivity index is 2.60. The van der Waals surface area contributed by atoms with Gasteiger partial charge in [-0.05, 0) is 18.4 Å². The minimum atomic E-state index is -0.140. The number of para-hydroxylation sites is 1. The largest absolute Gasteiger partial charge is 0.322 e. The summed E-state index contributed by atoms with van der Waals surface area (Å²) in [4.78, 5) is 11.8. The fraction of sp³-hybridized carbons (Fsp3) is 0.100. The van der Waals surface area contributed by atoms with Gasteiger partial charge < -0.3 is 5.32 Å². The first-order chi connectivity index (χ1) is 6.24. The van der Waals surface area contributed by atoms with Gasteiger partial charge in [0.1, 0.15) is 0 Å². The molecule has 0 aliphatic rings. The molecule has 0 unspecified atom stereocenters. The van der Waals surface area contributed by atoms with Crippen LogP contribution in [-0.2, 0) is 4.79 Å². The van der Waals surface area contributed by atoms with E-state index in [1.54, 1.807) is 0 Å². The normalized spacial score (nSPS) is 9.31. The lowest BCUT2D eigenvalue weighted by atomic mass is 10.3. The summed E-state index contributed by atoms with van der Waals surface area (Å²) < 4.78 is 0. The van der Waals surface area contributed by atoms with E-state index in [-0.39, 0.29) is 5.91 Å². The summed E-state index contributed by atoms with van der Waals surface area (Å²) in [5, 5.41) is 2.73. The zero-order chi connectivity index (χ0) is 9.68. The number of anilines is 1. The maximum absolute atomic E-state index is 11.3. The molecule has 0 spiro atoms. The van der Waals surface area contributed by atoms with Crippen molar-refractivity contribution in [3.63, 3.8) is 0 Å². The van der Waals surface area contributed by atoms with E-state index in [2.05, 4.69) is 11.9 Å². The predicted octanol–water partition coefficient (Wildman–Crippen LogP) is 2.50. The van der Waals surface area contributed by atoms with Gasteiger partial charge in [0.05, 0.1) is 4.91 Å². The van der Waals surface area contributed by atoms with Crippen molar-refractivity contribution < 1.29 is 4.79 Å². The molecule has 1 rings (SSSR count). The minimum absolute atomic E-state index is 0.140. The first-order valence-electron chi connectivity index (χ1n) is 3.83. The van der Waals surface area contributed by atoms with Crippen molar-refractivity contribution in [3.05, 3.63) is 41.8 Å². The Bertz CT molecular complexity index is 308. The summed E-state index contributed by atoms with van der Waals surface area (Å²) in [5.74, 6) is -0.140. The van der Waals surface area contributed by atoms with Crippen LogP contribution in [-0.4, -0.2) is 12.2 Å². The SMILES string of the molecule is C=C(SC)C(=O)Nc1ccccc1. The lowest BCUT2D eigenvalue weighted by Gasteiger charge is -2.04. The fourth-order valence-corrected chi connectivity index (χ4v) is 1.05. The Morgan fingerprint density at radius 2 is 2.00 bits per heavy atom. The molecule has 0 fully saturated rings. The average Bonchev–Trinajstić information content (AvgIpc) is 2.18. The van der Waals surface area contributed by atoms with Gasteiger partial charge in [0.2, 0.25) is 0 Å². The number of amides is 1. The van der Waals surface area contributed by atoms with Crippen LogP contribution < -0.4 is 5.32 Å². The lowest BCUT2D eigenvalue weighted by Crippen LogP contribution is -2.11. The molecule has 68 valence electrons. The highest BCUT2D eigenvalue weighted by Gasteiger charge is 2.04. The average molecular weight is 193 g/mol. The van der Waals surface area contributed by atoms with Crippen molar-refractivity contribution in [2.75, 3.05) is 11.6 Å². The van der Waals surface area contributed by atoms with Crippen LogP contribution in [0.1, 0.15) is 0 Å². The van der Waals surface area contributed by atoms with Crippen LogP contribution in [0.15, 0.2) is 41.8 Å². The van der Waals surface area contributed by atoms with Gasteiger partial charge in [-0.1, -0.05) is 24.8 Å². The van der Waals surface area contributed by atoms with E-state index in [1.807, 2.05) is 36.6 Å². The van der Waals surface area contributed by atoms with Crippen LogP contribution in [0.3, 0.4) is 0 Å². The first kappa shape index (κ1) is 9.86. The molecule has 0 bridgehead atoms. The Hall–Kier alpha value is -1.22. The third kappa shape index (κ3) is 2.95. The van der Waals surface area contributed by atoms with Crippen molar-refractivity contribution in [2.45, 2.75) is 0 Å². The summed E-state index contributed by atoms with van der Waals surface area (Å²) >= 11 is 1.35. The second-order valence-electron chi connectivity index (χ2n) is 2.45. The van der Waals surface area contributed by atoms with Gasteiger partial charge in [-0.25, -0.2) is 0 Å². The lowest BCUT2D eigenvalue weighted by molar-refractivity contribution is -0.112. The summed E-state index contributed by atoms with van der Waals surface area (Å²) in [6.45, 7) is 3.62. The highest BCUT2D eigenvalue weighted by Crippen LogP contribution is 2.12. The number of hydrogen-bond donors (Lipinski definition) is 1. The number of carbonyl (C=O) groups excluding carboxylic acids is 1. The molecular weight excluding hydrogens is 182 g/mol. The molecule has 1 N–H and O–H groups in total. The Morgan fingerprint density at radius 1 is 1.38 bits per heavy atom. The van der Waals surface area contributed by atoms with Gasteiger partial charge in [0.15, 0.2) is 0 Å². The number of thioether (sulfide) groups is 1. The Kier molecular flexibility index (Phi) is 3.58. The summed E-state index contributed by atoms with van der Waals surface area (Å²) in [6.07, 6.45) is 1.83. The van der Waals surface area contributed by atoms with E-state index >= 15 is 0 Å². The van der Waals surface area contributed by atoms with E-state index in [1.165, 1.54) is 11.8 Å². The summed E-state index contributed by atoms with van der Waals surface area (Å²) in [6, 6.07) is 9.32. The molecule has 0 atom stereocenters. The molecule has 3 heteroatoms. The number of nitrogens with one attached hydrogen (secondary N) is 1. The highest BCUT2D eigenvalue weighted by molar-refractivity contribution is 8.03.